The maximum absolute atomic E-state index is 10.9. The molecule has 33 heavy (non-hydrogen) atoms. The molecule has 18 heteroatoms. The number of benzene rings is 2. The average molecular weight is 552 g/mol. The smallest absolute Gasteiger partial charge is 0.870 e. The van der Waals surface area contributed by atoms with Gasteiger partial charge in [0, 0.05) is 13.0 Å². The number of phenols is 2. The van der Waals surface area contributed by atoms with Crippen LogP contribution in [-0.4, -0.2) is 54.8 Å². The molecule has 1 heterocycles. The Balaban J connectivity index is -0.000000111. The number of hydrogen-bond donors (Lipinski definition) is 5. The van der Waals surface area contributed by atoms with Crippen LogP contribution in [-0.2, 0) is 36.4 Å². The Morgan fingerprint density at radius 1 is 0.939 bits per heavy atom. The molecule has 3 rings (SSSR count). The van der Waals surface area contributed by atoms with Crippen LogP contribution < -0.4 is 99.1 Å². The van der Waals surface area contributed by atoms with Gasteiger partial charge < -0.3 is 24.8 Å². The fourth-order valence-electron chi connectivity index (χ4n) is 1.73. The Morgan fingerprint density at radius 3 is 1.55 bits per heavy atom. The Labute approximate surface area is 265 Å². The number of phenolic OH excluding ortho intramolecular Hbond substituents is 2. The van der Waals surface area contributed by atoms with Crippen molar-refractivity contribution in [2.24, 2.45) is 0 Å². The number of carbonyl (C=O) groups excluding carboxylic acids is 1. The van der Waals surface area contributed by atoms with Gasteiger partial charge >= 0.3 is 88.7 Å². The van der Waals surface area contributed by atoms with E-state index in [2.05, 4.69) is 16.6 Å². The third-order valence-corrected chi connectivity index (χ3v) is 2.74. The summed E-state index contributed by atoms with van der Waals surface area (Å²) in [6.45, 7) is 0.767. The second-order valence-electron chi connectivity index (χ2n) is 4.93. The SMILES string of the molecule is O=C1CCN(c2ccccc2)N1.O=S(O)O.O=S([O-])([O-])=S.Oc1ccc(O)cc1.[Na+].[Na+].[Na+].[OH-]. The molecule has 170 valence electrons. The van der Waals surface area contributed by atoms with E-state index < -0.39 is 20.4 Å². The number of aromatic hydroxyl groups is 2. The molecule has 1 amide bonds. The molecule has 0 atom stereocenters. The Kier molecular flexibility index (Phi) is 32.2. The summed E-state index contributed by atoms with van der Waals surface area (Å²) in [5, 5.41) is 19.2. The van der Waals surface area contributed by atoms with Gasteiger partial charge in [-0.25, -0.2) is 0 Å². The summed E-state index contributed by atoms with van der Waals surface area (Å²) in [5.41, 5.74) is 3.81. The zero-order chi connectivity index (χ0) is 22.4. The van der Waals surface area contributed by atoms with Crippen molar-refractivity contribution < 1.29 is 136 Å². The van der Waals surface area contributed by atoms with Gasteiger partial charge in [-0.1, -0.05) is 18.2 Å². The summed E-state index contributed by atoms with van der Waals surface area (Å²) in [6, 6.07) is 15.5. The Bertz CT molecular complexity index is 845. The van der Waals surface area contributed by atoms with Crippen LogP contribution in [0, 0.1) is 0 Å². The van der Waals surface area contributed by atoms with E-state index >= 15 is 0 Å². The molecule has 1 saturated heterocycles. The number of rotatable bonds is 1. The van der Waals surface area contributed by atoms with E-state index in [4.69, 9.17) is 36.8 Å². The summed E-state index contributed by atoms with van der Waals surface area (Å²) in [5.74, 6) is 0.435. The first-order chi connectivity index (χ1) is 13.4. The van der Waals surface area contributed by atoms with Gasteiger partial charge in [-0.3, -0.25) is 28.5 Å². The molecule has 0 aliphatic carbocycles. The minimum atomic E-state index is -4.33. The molecule has 1 aliphatic rings. The molecule has 0 spiro atoms. The van der Waals surface area contributed by atoms with E-state index in [1.54, 1.807) is 0 Å². The van der Waals surface area contributed by atoms with Crippen molar-refractivity contribution in [1.82, 2.24) is 5.43 Å². The van der Waals surface area contributed by atoms with E-state index in [0.29, 0.717) is 6.42 Å². The van der Waals surface area contributed by atoms with Crippen LogP contribution in [0.15, 0.2) is 54.6 Å². The third-order valence-electron chi connectivity index (χ3n) is 2.74. The molecule has 1 fully saturated rings. The van der Waals surface area contributed by atoms with E-state index in [0.717, 1.165) is 12.2 Å². The first kappa shape index (κ1) is 43.7. The van der Waals surface area contributed by atoms with Gasteiger partial charge in [-0.2, -0.15) is 4.21 Å². The fraction of sp³-hybridized carbons (Fsp3) is 0.133. The van der Waals surface area contributed by atoms with Gasteiger partial charge in [-0.15, -0.1) is 9.05 Å². The molecular weight excluding hydrogens is 533 g/mol. The molecular formula is C15H19N2Na3O10S3. The minimum Gasteiger partial charge on any atom is -0.870 e. The van der Waals surface area contributed by atoms with Crippen molar-refractivity contribution >= 4 is 43.2 Å². The van der Waals surface area contributed by atoms with Crippen molar-refractivity contribution in [2.75, 3.05) is 11.6 Å². The number of carbonyl (C=O) groups is 1. The van der Waals surface area contributed by atoms with Crippen LogP contribution in [0.3, 0.4) is 0 Å². The van der Waals surface area contributed by atoms with Crippen molar-refractivity contribution in [1.29, 1.82) is 0 Å². The number of nitrogens with zero attached hydrogens (tertiary/aromatic N) is 1. The fourth-order valence-corrected chi connectivity index (χ4v) is 1.73. The van der Waals surface area contributed by atoms with Gasteiger partial charge in [0.1, 0.15) is 11.5 Å². The summed E-state index contributed by atoms with van der Waals surface area (Å²) >= 11 is 0.632. The van der Waals surface area contributed by atoms with Crippen LogP contribution >= 0.6 is 0 Å². The molecule has 0 unspecified atom stereocenters. The van der Waals surface area contributed by atoms with Crippen LogP contribution in [0.4, 0.5) is 5.69 Å². The van der Waals surface area contributed by atoms with E-state index in [-0.39, 0.29) is 112 Å². The monoisotopic (exact) mass is 552 g/mol. The molecule has 2 aromatic rings. The van der Waals surface area contributed by atoms with Gasteiger partial charge in [0.25, 0.3) is 11.4 Å². The third kappa shape index (κ3) is 30.6. The van der Waals surface area contributed by atoms with Crippen molar-refractivity contribution in [3.8, 4) is 11.5 Å². The molecule has 1 aliphatic heterocycles. The zero-order valence-corrected chi connectivity index (χ0v) is 26.5. The quantitative estimate of drug-likeness (QED) is 0.126. The number of hydrogen-bond acceptors (Lipinski definition) is 10. The van der Waals surface area contributed by atoms with Crippen molar-refractivity contribution in [2.45, 2.75) is 6.42 Å². The zero-order valence-electron chi connectivity index (χ0n) is 18.1. The molecule has 0 bridgehead atoms. The molecule has 0 saturated carbocycles. The van der Waals surface area contributed by atoms with E-state index in [1.165, 1.54) is 24.3 Å². The summed E-state index contributed by atoms with van der Waals surface area (Å²) in [4.78, 5) is 10.9. The standard InChI is InChI=1S/C9H10N2O.C6H6O2.3Na.H2O3S2.H2O3S.H2O/c12-9-6-7-11(10-9)8-4-2-1-3-5-8;7-5-1-2-6(8)4-3-5;;;;1-5(2,3)4;1-4(2)3;/h1-5H,6-7H2,(H,10,12);1-4,7-8H;;;;(H2,1,2,3,4);(H2,1,2,3);1H2/q;;3*+1;;;/p-3. The molecule has 2 aromatic carbocycles. The minimum absolute atomic E-state index is 0. The number of anilines is 1. The van der Waals surface area contributed by atoms with Crippen LogP contribution in [0.2, 0.25) is 0 Å². The van der Waals surface area contributed by atoms with E-state index in [1.807, 2.05) is 35.3 Å². The first-order valence-corrected chi connectivity index (χ1v) is 10.8. The number of para-hydroxylation sites is 1. The van der Waals surface area contributed by atoms with Crippen molar-refractivity contribution in [3.05, 3.63) is 54.6 Å². The van der Waals surface area contributed by atoms with Crippen LogP contribution in [0.5, 0.6) is 11.5 Å². The average Bonchev–Trinajstić information content (AvgIpc) is 3.04. The molecule has 12 nitrogen and oxygen atoms in total. The molecule has 0 radical (unpaired) electrons. The Morgan fingerprint density at radius 2 is 1.27 bits per heavy atom. The topological polar surface area (TPSA) is 224 Å². The van der Waals surface area contributed by atoms with Gasteiger partial charge in [-0.05, 0) is 47.6 Å². The maximum Gasteiger partial charge on any atom is 1.00 e. The van der Waals surface area contributed by atoms with Gasteiger partial charge in [0.15, 0.2) is 0 Å². The number of hydrazine groups is 1. The predicted molar refractivity (Wildman–Crippen MR) is 109 cm³/mol. The number of amides is 1. The van der Waals surface area contributed by atoms with Crippen LogP contribution in [0.25, 0.3) is 0 Å². The second-order valence-corrected chi connectivity index (χ2v) is 7.43. The Hall–Kier alpha value is 0.630. The van der Waals surface area contributed by atoms with Crippen LogP contribution in [0.1, 0.15) is 6.42 Å². The normalized spacial score (nSPS) is 10.9. The van der Waals surface area contributed by atoms with Gasteiger partial charge in [0.2, 0.25) is 5.91 Å². The molecule has 0 aromatic heterocycles. The second kappa shape index (κ2) is 24.3. The number of nitrogens with one attached hydrogen (secondary N) is 1. The largest absolute Gasteiger partial charge is 1.00 e. The predicted octanol–water partition coefficient (Wildman–Crippen LogP) is -8.46. The molecule has 6 N–H and O–H groups in total. The summed E-state index contributed by atoms with van der Waals surface area (Å²) in [7, 11) is -4.33. The van der Waals surface area contributed by atoms with Gasteiger partial charge in [0.05, 0.1) is 5.69 Å². The van der Waals surface area contributed by atoms with E-state index in [9.17, 15) is 4.79 Å². The summed E-state index contributed by atoms with van der Waals surface area (Å²) in [6.07, 6.45) is 0.592. The van der Waals surface area contributed by atoms with Crippen molar-refractivity contribution in [3.63, 3.8) is 0 Å². The summed E-state index contributed by atoms with van der Waals surface area (Å²) < 4.78 is 49.5. The maximum atomic E-state index is 10.9. The first-order valence-electron chi connectivity index (χ1n) is 7.45.